The molecule has 3 aromatic rings. The number of methoxy groups -OCH3 is 1. The number of rotatable bonds is 9. The molecule has 156 valence electrons. The van der Waals surface area contributed by atoms with Crippen LogP contribution in [0.25, 0.3) is 22.2 Å². The van der Waals surface area contributed by atoms with Crippen LogP contribution in [0.4, 0.5) is 11.4 Å². The maximum absolute atomic E-state index is 12.1. The smallest absolute Gasteiger partial charge is 0.232 e. The number of hydrogen-bond donors (Lipinski definition) is 2. The lowest BCUT2D eigenvalue weighted by Crippen LogP contribution is -2.16. The van der Waals surface area contributed by atoms with Crippen LogP contribution in [0.3, 0.4) is 0 Å². The van der Waals surface area contributed by atoms with E-state index in [1.165, 1.54) is 0 Å². The quantitative estimate of drug-likeness (QED) is 0.478. The summed E-state index contributed by atoms with van der Waals surface area (Å²) in [4.78, 5) is 0. The molecule has 8 heteroatoms. The molecule has 1 heterocycles. The number of nitrogens with two attached hydrogens (primary N) is 1. The minimum atomic E-state index is -3.41. The van der Waals surface area contributed by atoms with Crippen molar-refractivity contribution < 1.29 is 13.2 Å². The molecule has 6 nitrogen and oxygen atoms in total. The van der Waals surface area contributed by atoms with E-state index < -0.39 is 10.0 Å². The Balaban J connectivity index is 2.00. The minimum Gasteiger partial charge on any atom is -0.497 e. The number of aromatic nitrogens is 1. The third-order valence-electron chi connectivity index (χ3n) is 4.74. The lowest BCUT2D eigenvalue weighted by molar-refractivity contribution is 0.415. The average Bonchev–Trinajstić information content (AvgIpc) is 2.98. The monoisotopic (exact) mass is 435 g/mol. The number of halogens is 1. The van der Waals surface area contributed by atoms with E-state index in [0.29, 0.717) is 23.7 Å². The Morgan fingerprint density at radius 3 is 2.52 bits per heavy atom. The summed E-state index contributed by atoms with van der Waals surface area (Å²) in [5, 5.41) is 0.972. The van der Waals surface area contributed by atoms with Gasteiger partial charge in [-0.1, -0.05) is 19.1 Å². The first-order chi connectivity index (χ1) is 13.9. The second-order valence-electron chi connectivity index (χ2n) is 6.84. The van der Waals surface area contributed by atoms with Gasteiger partial charge >= 0.3 is 0 Å². The van der Waals surface area contributed by atoms with Gasteiger partial charge in [0.2, 0.25) is 10.0 Å². The summed E-state index contributed by atoms with van der Waals surface area (Å²) in [7, 11) is -1.76. The van der Waals surface area contributed by atoms with E-state index in [1.54, 1.807) is 19.2 Å². The fourth-order valence-electron chi connectivity index (χ4n) is 3.42. The number of anilines is 2. The topological polar surface area (TPSA) is 86.4 Å². The first-order valence-electron chi connectivity index (χ1n) is 9.52. The highest BCUT2D eigenvalue weighted by atomic mass is 35.5. The van der Waals surface area contributed by atoms with Crippen LogP contribution >= 0.6 is 11.6 Å². The van der Waals surface area contributed by atoms with Gasteiger partial charge in [-0.05, 0) is 37.1 Å². The molecule has 0 aliphatic heterocycles. The van der Waals surface area contributed by atoms with Crippen LogP contribution in [0.15, 0.2) is 42.5 Å². The second kappa shape index (κ2) is 8.97. The number of nitrogens with zero attached hydrogens (tertiary/aromatic N) is 1. The normalized spacial score (nSPS) is 11.7. The number of ether oxygens (including phenoxy) is 1. The standard InChI is InChI=1S/C21H26ClN3O3S/c1-3-12-25-19-14-17(28-2)9-10-18(19)20(23)21(25)15-5-7-16(8-6-15)24-29(26,27)13-4-11-22/h5-10,14,24H,3-4,11-13,23H2,1-2H3. The number of benzene rings is 2. The molecule has 0 spiro atoms. The van der Waals surface area contributed by atoms with Gasteiger partial charge in [-0.3, -0.25) is 4.72 Å². The van der Waals surface area contributed by atoms with Crippen LogP contribution in [0.2, 0.25) is 0 Å². The van der Waals surface area contributed by atoms with E-state index in [9.17, 15) is 8.42 Å². The Bertz CT molecular complexity index is 1090. The molecule has 3 rings (SSSR count). The molecule has 0 saturated heterocycles. The molecule has 0 atom stereocenters. The van der Waals surface area contributed by atoms with Crippen molar-refractivity contribution in [1.29, 1.82) is 0 Å². The first-order valence-corrected chi connectivity index (χ1v) is 11.7. The lowest BCUT2D eigenvalue weighted by Gasteiger charge is -2.12. The number of nitrogen functional groups attached to an aromatic ring is 1. The predicted octanol–water partition coefficient (Wildman–Crippen LogP) is 4.68. The summed E-state index contributed by atoms with van der Waals surface area (Å²) < 4.78 is 34.3. The largest absolute Gasteiger partial charge is 0.497 e. The van der Waals surface area contributed by atoms with E-state index in [-0.39, 0.29) is 5.75 Å². The van der Waals surface area contributed by atoms with Crippen LogP contribution in [0.1, 0.15) is 19.8 Å². The third kappa shape index (κ3) is 4.62. The highest BCUT2D eigenvalue weighted by Crippen LogP contribution is 2.38. The molecule has 2 aromatic carbocycles. The van der Waals surface area contributed by atoms with Gasteiger partial charge < -0.3 is 15.0 Å². The van der Waals surface area contributed by atoms with Gasteiger partial charge in [0, 0.05) is 35.1 Å². The van der Waals surface area contributed by atoms with Crippen LogP contribution in [-0.2, 0) is 16.6 Å². The first kappa shape index (κ1) is 21.3. The van der Waals surface area contributed by atoms with E-state index in [1.807, 2.05) is 30.3 Å². The van der Waals surface area contributed by atoms with Crippen LogP contribution in [-0.4, -0.2) is 31.7 Å². The van der Waals surface area contributed by atoms with Crippen molar-refractivity contribution in [1.82, 2.24) is 4.57 Å². The maximum atomic E-state index is 12.1. The number of sulfonamides is 1. The number of nitrogens with one attached hydrogen (secondary N) is 1. The van der Waals surface area contributed by atoms with Crippen LogP contribution < -0.4 is 15.2 Å². The molecule has 0 unspecified atom stereocenters. The van der Waals surface area contributed by atoms with Crippen molar-refractivity contribution >= 4 is 43.9 Å². The molecule has 3 N–H and O–H groups in total. The molecule has 0 bridgehead atoms. The Labute approximate surface area is 176 Å². The van der Waals surface area contributed by atoms with Gasteiger partial charge in [-0.2, -0.15) is 0 Å². The molecular weight excluding hydrogens is 410 g/mol. The summed E-state index contributed by atoms with van der Waals surface area (Å²) in [6.07, 6.45) is 1.36. The zero-order valence-corrected chi connectivity index (χ0v) is 18.2. The highest BCUT2D eigenvalue weighted by Gasteiger charge is 2.17. The van der Waals surface area contributed by atoms with Gasteiger partial charge in [-0.25, -0.2) is 8.42 Å². The fraction of sp³-hybridized carbons (Fsp3) is 0.333. The molecule has 0 amide bonds. The fourth-order valence-corrected chi connectivity index (χ4v) is 4.84. The van der Waals surface area contributed by atoms with Crippen LogP contribution in [0.5, 0.6) is 5.75 Å². The predicted molar refractivity (Wildman–Crippen MR) is 121 cm³/mol. The van der Waals surface area contributed by atoms with Crippen molar-refractivity contribution in [2.24, 2.45) is 0 Å². The highest BCUT2D eigenvalue weighted by molar-refractivity contribution is 7.92. The Kier molecular flexibility index (Phi) is 6.59. The average molecular weight is 436 g/mol. The number of alkyl halides is 1. The number of hydrogen-bond acceptors (Lipinski definition) is 4. The second-order valence-corrected chi connectivity index (χ2v) is 9.06. The van der Waals surface area contributed by atoms with Gasteiger partial charge in [0.15, 0.2) is 0 Å². The molecule has 0 radical (unpaired) electrons. The molecule has 1 aromatic heterocycles. The third-order valence-corrected chi connectivity index (χ3v) is 6.38. The van der Waals surface area contributed by atoms with E-state index in [2.05, 4.69) is 16.2 Å². The molecule has 0 aliphatic rings. The number of fused-ring (bicyclic) bond motifs is 1. The lowest BCUT2D eigenvalue weighted by atomic mass is 10.1. The van der Waals surface area contributed by atoms with Gasteiger partial charge in [0.25, 0.3) is 0 Å². The summed E-state index contributed by atoms with van der Waals surface area (Å²) in [5.74, 6) is 1.09. The Morgan fingerprint density at radius 2 is 1.90 bits per heavy atom. The van der Waals surface area contributed by atoms with Gasteiger partial charge in [0.05, 0.1) is 29.8 Å². The summed E-state index contributed by atoms with van der Waals surface area (Å²) in [6.45, 7) is 2.92. The summed E-state index contributed by atoms with van der Waals surface area (Å²) in [6, 6.07) is 13.1. The summed E-state index contributed by atoms with van der Waals surface area (Å²) >= 11 is 5.59. The van der Waals surface area contributed by atoms with E-state index >= 15 is 0 Å². The van der Waals surface area contributed by atoms with Crippen molar-refractivity contribution in [3.63, 3.8) is 0 Å². The summed E-state index contributed by atoms with van der Waals surface area (Å²) in [5.41, 5.74) is 10.6. The van der Waals surface area contributed by atoms with Crippen molar-refractivity contribution in [2.45, 2.75) is 26.3 Å². The molecule has 0 saturated carbocycles. The van der Waals surface area contributed by atoms with Crippen molar-refractivity contribution in [3.8, 4) is 17.0 Å². The molecule has 29 heavy (non-hydrogen) atoms. The molecular formula is C21H26ClN3O3S. The minimum absolute atomic E-state index is 0.00221. The zero-order chi connectivity index (χ0) is 21.0. The van der Waals surface area contributed by atoms with Crippen LogP contribution in [0, 0.1) is 0 Å². The maximum Gasteiger partial charge on any atom is 0.232 e. The van der Waals surface area contributed by atoms with Gasteiger partial charge in [-0.15, -0.1) is 11.6 Å². The van der Waals surface area contributed by atoms with E-state index in [0.717, 1.165) is 40.9 Å². The SMILES string of the molecule is CCCn1c(-c2ccc(NS(=O)(=O)CCCCl)cc2)c(N)c2ccc(OC)cc21. The van der Waals surface area contributed by atoms with Crippen molar-refractivity contribution in [2.75, 3.05) is 29.2 Å². The molecule has 0 aliphatic carbocycles. The van der Waals surface area contributed by atoms with Crippen molar-refractivity contribution in [3.05, 3.63) is 42.5 Å². The van der Waals surface area contributed by atoms with E-state index in [4.69, 9.17) is 22.1 Å². The Morgan fingerprint density at radius 1 is 1.17 bits per heavy atom. The zero-order valence-electron chi connectivity index (χ0n) is 16.6. The Hall–Kier alpha value is -2.38. The van der Waals surface area contributed by atoms with Gasteiger partial charge in [0.1, 0.15) is 5.75 Å². The number of aryl methyl sites for hydroxylation is 1. The molecule has 0 fully saturated rings.